The number of carbonyl (C=O) groups is 2. The van der Waals surface area contributed by atoms with Gasteiger partial charge in [0.1, 0.15) is 0 Å². The number of halogens is 1. The Kier molecular flexibility index (Phi) is 7.70. The fourth-order valence-corrected chi connectivity index (χ4v) is 2.97. The molecule has 1 aliphatic carbocycles. The van der Waals surface area contributed by atoms with E-state index in [2.05, 4.69) is 34.4 Å². The van der Waals surface area contributed by atoms with Gasteiger partial charge in [0, 0.05) is 15.6 Å². The van der Waals surface area contributed by atoms with Crippen LogP contribution in [0.4, 0.5) is 0 Å². The van der Waals surface area contributed by atoms with Gasteiger partial charge in [0.15, 0.2) is 5.41 Å². The minimum Gasteiger partial charge on any atom is -0.465 e. The summed E-state index contributed by atoms with van der Waals surface area (Å²) in [5.74, 6) is 4.97. The van der Waals surface area contributed by atoms with Gasteiger partial charge in [-0.25, -0.2) is 0 Å². The normalized spacial score (nSPS) is 12.7. The van der Waals surface area contributed by atoms with Gasteiger partial charge in [-0.2, -0.15) is 0 Å². The van der Waals surface area contributed by atoms with Crippen LogP contribution in [0.2, 0.25) is 0 Å². The Hall–Kier alpha value is -1.81. The molecule has 1 aromatic carbocycles. The van der Waals surface area contributed by atoms with E-state index in [1.807, 2.05) is 30.3 Å². The molecule has 0 bridgehead atoms. The molecule has 1 aliphatic rings. The summed E-state index contributed by atoms with van der Waals surface area (Å²) in [7, 11) is 0. The molecule has 0 N–H and O–H groups in total. The SMILES string of the molecule is CCOC(=O)C(CC#Cc1ccccc1I)(CC=C1CC1)C(=O)OCC. The van der Waals surface area contributed by atoms with Crippen LogP contribution in [0.25, 0.3) is 0 Å². The molecule has 0 atom stereocenters. The van der Waals surface area contributed by atoms with Crippen LogP contribution in [0.1, 0.15) is 45.1 Å². The lowest BCUT2D eigenvalue weighted by molar-refractivity contribution is -0.171. The van der Waals surface area contributed by atoms with Crippen LogP contribution in [0.5, 0.6) is 0 Å². The first-order valence-corrected chi connectivity index (χ1v) is 9.87. The van der Waals surface area contributed by atoms with Gasteiger partial charge in [0.25, 0.3) is 0 Å². The summed E-state index contributed by atoms with van der Waals surface area (Å²) < 4.78 is 11.5. The number of esters is 2. The summed E-state index contributed by atoms with van der Waals surface area (Å²) >= 11 is 2.21. The minimum absolute atomic E-state index is 0.0689. The molecule has 0 heterocycles. The van der Waals surface area contributed by atoms with E-state index in [0.29, 0.717) is 0 Å². The standard InChI is InChI=1S/C21H23IO4/c1-3-25-19(23)21(20(24)26-4-2,15-13-16-11-12-16)14-7-9-17-8-5-6-10-18(17)22/h5-6,8,10,13H,3-4,11-12,14-15H2,1-2H3. The number of rotatable bonds is 7. The van der Waals surface area contributed by atoms with Crippen molar-refractivity contribution < 1.29 is 19.1 Å². The van der Waals surface area contributed by atoms with Crippen molar-refractivity contribution in [2.24, 2.45) is 5.41 Å². The Balaban J connectivity index is 2.33. The zero-order chi connectivity index (χ0) is 19.0. The average molecular weight is 466 g/mol. The van der Waals surface area contributed by atoms with Gasteiger partial charge in [0.05, 0.1) is 13.2 Å². The maximum absolute atomic E-state index is 12.7. The molecule has 1 aromatic rings. The molecular formula is C21H23IO4. The zero-order valence-electron chi connectivity index (χ0n) is 15.1. The van der Waals surface area contributed by atoms with Crippen molar-refractivity contribution in [3.63, 3.8) is 0 Å². The molecule has 4 nitrogen and oxygen atoms in total. The average Bonchev–Trinajstić information content (AvgIpc) is 3.44. The van der Waals surface area contributed by atoms with Crippen LogP contribution >= 0.6 is 22.6 Å². The van der Waals surface area contributed by atoms with Gasteiger partial charge < -0.3 is 9.47 Å². The molecule has 138 valence electrons. The highest BCUT2D eigenvalue weighted by Gasteiger charge is 2.48. The van der Waals surface area contributed by atoms with Crippen LogP contribution in [-0.2, 0) is 19.1 Å². The van der Waals surface area contributed by atoms with Crippen LogP contribution in [0.3, 0.4) is 0 Å². The second-order valence-electron chi connectivity index (χ2n) is 6.05. The molecule has 0 amide bonds. The number of ether oxygens (including phenoxy) is 2. The molecule has 26 heavy (non-hydrogen) atoms. The van der Waals surface area contributed by atoms with Crippen molar-refractivity contribution in [2.75, 3.05) is 13.2 Å². The van der Waals surface area contributed by atoms with Crippen molar-refractivity contribution >= 4 is 34.5 Å². The van der Waals surface area contributed by atoms with E-state index in [1.54, 1.807) is 13.8 Å². The summed E-state index contributed by atoms with van der Waals surface area (Å²) in [5, 5.41) is 0. The lowest BCUT2D eigenvalue weighted by Gasteiger charge is -2.26. The molecule has 5 heteroatoms. The maximum atomic E-state index is 12.7. The Morgan fingerprint density at radius 3 is 2.31 bits per heavy atom. The van der Waals surface area contributed by atoms with E-state index in [0.717, 1.165) is 22.0 Å². The second-order valence-corrected chi connectivity index (χ2v) is 7.21. The number of hydrogen-bond acceptors (Lipinski definition) is 4. The predicted molar refractivity (Wildman–Crippen MR) is 108 cm³/mol. The lowest BCUT2D eigenvalue weighted by atomic mass is 9.80. The fraction of sp³-hybridized carbons (Fsp3) is 0.429. The van der Waals surface area contributed by atoms with Gasteiger partial charge in [-0.3, -0.25) is 9.59 Å². The van der Waals surface area contributed by atoms with E-state index in [1.165, 1.54) is 5.57 Å². The number of allylic oxidation sites excluding steroid dienone is 2. The Labute approximate surface area is 168 Å². The zero-order valence-corrected chi connectivity index (χ0v) is 17.3. The highest BCUT2D eigenvalue weighted by atomic mass is 127. The largest absolute Gasteiger partial charge is 0.465 e. The number of hydrogen-bond donors (Lipinski definition) is 0. The summed E-state index contributed by atoms with van der Waals surface area (Å²) in [4.78, 5) is 25.4. The molecule has 1 fully saturated rings. The van der Waals surface area contributed by atoms with Crippen molar-refractivity contribution in [3.8, 4) is 11.8 Å². The molecule has 1 saturated carbocycles. The number of carbonyl (C=O) groups excluding carboxylic acids is 2. The van der Waals surface area contributed by atoms with E-state index in [4.69, 9.17) is 9.47 Å². The quantitative estimate of drug-likeness (QED) is 0.198. The van der Waals surface area contributed by atoms with Crippen LogP contribution in [-0.4, -0.2) is 25.2 Å². The van der Waals surface area contributed by atoms with Crippen LogP contribution in [0, 0.1) is 20.8 Å². The molecule has 0 aliphatic heterocycles. The third-order valence-corrected chi connectivity index (χ3v) is 5.04. The Morgan fingerprint density at radius 1 is 1.15 bits per heavy atom. The van der Waals surface area contributed by atoms with Gasteiger partial charge >= 0.3 is 11.9 Å². The topological polar surface area (TPSA) is 52.6 Å². The molecular weight excluding hydrogens is 443 g/mol. The van der Waals surface area contributed by atoms with Crippen molar-refractivity contribution in [2.45, 2.75) is 39.5 Å². The number of benzene rings is 1. The Bertz CT molecular complexity index is 731. The van der Waals surface area contributed by atoms with Crippen molar-refractivity contribution in [3.05, 3.63) is 45.0 Å². The highest BCUT2D eigenvalue weighted by Crippen LogP contribution is 2.36. The first-order chi connectivity index (χ1) is 12.5. The third-order valence-electron chi connectivity index (χ3n) is 4.10. The summed E-state index contributed by atoms with van der Waals surface area (Å²) in [5.41, 5.74) is 0.721. The smallest absolute Gasteiger partial charge is 0.324 e. The molecule has 0 unspecified atom stereocenters. The fourth-order valence-electron chi connectivity index (χ4n) is 2.45. The van der Waals surface area contributed by atoms with E-state index in [9.17, 15) is 9.59 Å². The molecule has 0 spiro atoms. The van der Waals surface area contributed by atoms with Gasteiger partial charge in [-0.1, -0.05) is 35.6 Å². The molecule has 0 saturated heterocycles. The van der Waals surface area contributed by atoms with E-state index >= 15 is 0 Å². The summed E-state index contributed by atoms with van der Waals surface area (Å²) in [6, 6.07) is 7.73. The minimum atomic E-state index is -1.41. The predicted octanol–water partition coefficient (Wildman–Crippen LogP) is 4.26. The van der Waals surface area contributed by atoms with E-state index in [-0.39, 0.29) is 26.1 Å². The van der Waals surface area contributed by atoms with Crippen molar-refractivity contribution in [1.82, 2.24) is 0 Å². The first-order valence-electron chi connectivity index (χ1n) is 8.79. The molecule has 2 rings (SSSR count). The highest BCUT2D eigenvalue weighted by molar-refractivity contribution is 14.1. The second kappa shape index (κ2) is 9.77. The Morgan fingerprint density at radius 2 is 1.77 bits per heavy atom. The maximum Gasteiger partial charge on any atom is 0.324 e. The first kappa shape index (κ1) is 20.5. The monoisotopic (exact) mass is 466 g/mol. The van der Waals surface area contributed by atoms with E-state index < -0.39 is 17.4 Å². The van der Waals surface area contributed by atoms with Gasteiger partial charge in [0.2, 0.25) is 0 Å². The lowest BCUT2D eigenvalue weighted by Crippen LogP contribution is -2.41. The van der Waals surface area contributed by atoms with Crippen molar-refractivity contribution in [1.29, 1.82) is 0 Å². The van der Waals surface area contributed by atoms with Gasteiger partial charge in [-0.15, -0.1) is 0 Å². The summed E-state index contributed by atoms with van der Waals surface area (Å²) in [6.45, 7) is 3.87. The van der Waals surface area contributed by atoms with Crippen LogP contribution < -0.4 is 0 Å². The summed E-state index contributed by atoms with van der Waals surface area (Å²) in [6.07, 6.45) is 4.34. The molecule has 0 aromatic heterocycles. The van der Waals surface area contributed by atoms with Gasteiger partial charge in [-0.05, 0) is 67.8 Å². The molecule has 0 radical (unpaired) electrons. The third kappa shape index (κ3) is 5.34. The van der Waals surface area contributed by atoms with Crippen LogP contribution in [0.15, 0.2) is 35.9 Å².